The van der Waals surface area contributed by atoms with E-state index in [4.69, 9.17) is 9.72 Å². The fourth-order valence-electron chi connectivity index (χ4n) is 4.42. The lowest BCUT2D eigenvalue weighted by atomic mass is 9.90. The molecule has 0 aliphatic rings. The Labute approximate surface area is 229 Å². The van der Waals surface area contributed by atoms with Gasteiger partial charge in [-0.3, -0.25) is 4.98 Å². The Balaban J connectivity index is 1.47. The first-order valence-corrected chi connectivity index (χ1v) is 14.3. The molecule has 0 saturated heterocycles. The van der Waals surface area contributed by atoms with Gasteiger partial charge >= 0.3 is 5.97 Å². The van der Waals surface area contributed by atoms with Crippen molar-refractivity contribution in [2.45, 2.75) is 91.4 Å². The van der Waals surface area contributed by atoms with Crippen LogP contribution in [0.15, 0.2) is 66.9 Å². The van der Waals surface area contributed by atoms with Crippen LogP contribution in [-0.2, 0) is 11.2 Å². The average Bonchev–Trinajstić information content (AvgIpc) is 2.96. The van der Waals surface area contributed by atoms with Crippen molar-refractivity contribution in [3.05, 3.63) is 72.4 Å². The van der Waals surface area contributed by atoms with Crippen LogP contribution < -0.4 is 4.74 Å². The molecule has 1 unspecified atom stereocenters. The molecular weight excluding hydrogens is 468 g/mol. The number of nitriles is 1. The molecule has 0 saturated carbocycles. The minimum Gasteiger partial charge on any atom is -0.425 e. The summed E-state index contributed by atoms with van der Waals surface area (Å²) in [6.07, 6.45) is 15.7. The highest BCUT2D eigenvalue weighted by molar-refractivity contribution is 5.81. The molecular formula is C34H42N2O2. The molecule has 1 heterocycles. The first-order chi connectivity index (χ1) is 18.5. The highest BCUT2D eigenvalue weighted by atomic mass is 16.5. The quantitative estimate of drug-likeness (QED) is 0.116. The Morgan fingerprint density at radius 3 is 1.87 bits per heavy atom. The van der Waals surface area contributed by atoms with Crippen molar-refractivity contribution in [3.8, 4) is 34.2 Å². The summed E-state index contributed by atoms with van der Waals surface area (Å²) >= 11 is 0. The second-order valence-electron chi connectivity index (χ2n) is 10.4. The second kappa shape index (κ2) is 15.1. The monoisotopic (exact) mass is 510 g/mol. The maximum atomic E-state index is 12.3. The number of aromatic nitrogens is 1. The zero-order chi connectivity index (χ0) is 27.2. The molecule has 0 amide bonds. The largest absolute Gasteiger partial charge is 0.425 e. The van der Waals surface area contributed by atoms with Gasteiger partial charge in [0, 0.05) is 11.8 Å². The minimum atomic E-state index is -1.13. The molecule has 200 valence electrons. The standard InChI is InChI=1S/C34H42N2O2/c1-4-6-7-8-9-10-11-12-13-14-27-15-24-32(36-25-27)30-18-16-28(17-19-30)29-20-22-31(23-21-29)38-33(37)34(3,5-2)26-35/h15-25H,4-14H2,1-3H3. The van der Waals surface area contributed by atoms with Gasteiger partial charge in [-0.05, 0) is 61.1 Å². The lowest BCUT2D eigenvalue weighted by molar-refractivity contribution is -0.141. The topological polar surface area (TPSA) is 63.0 Å². The highest BCUT2D eigenvalue weighted by Gasteiger charge is 2.33. The summed E-state index contributed by atoms with van der Waals surface area (Å²) in [6, 6.07) is 22.1. The van der Waals surface area contributed by atoms with Gasteiger partial charge in [-0.25, -0.2) is 4.79 Å². The predicted octanol–water partition coefficient (Wildman–Crippen LogP) is 9.33. The Bertz CT molecular complexity index is 1160. The van der Waals surface area contributed by atoms with Crippen LogP contribution in [-0.4, -0.2) is 11.0 Å². The summed E-state index contributed by atoms with van der Waals surface area (Å²) < 4.78 is 5.43. The van der Waals surface area contributed by atoms with Crippen molar-refractivity contribution in [1.82, 2.24) is 4.98 Å². The predicted molar refractivity (Wildman–Crippen MR) is 156 cm³/mol. The van der Waals surface area contributed by atoms with E-state index >= 15 is 0 Å². The number of aryl methyl sites for hydroxylation is 1. The third-order valence-corrected chi connectivity index (χ3v) is 7.38. The Morgan fingerprint density at radius 2 is 1.34 bits per heavy atom. The number of hydrogen-bond acceptors (Lipinski definition) is 4. The molecule has 1 atom stereocenters. The van der Waals surface area contributed by atoms with Crippen molar-refractivity contribution in [2.24, 2.45) is 5.41 Å². The third kappa shape index (κ3) is 8.55. The first kappa shape index (κ1) is 29.1. The SMILES string of the molecule is CCCCCCCCCCCc1ccc(-c2ccc(-c3ccc(OC(=O)C(C)(C#N)CC)cc3)cc2)nc1. The molecule has 4 heteroatoms. The van der Waals surface area contributed by atoms with Crippen molar-refractivity contribution < 1.29 is 9.53 Å². The molecule has 0 N–H and O–H groups in total. The maximum Gasteiger partial charge on any atom is 0.331 e. The number of pyridine rings is 1. The molecule has 4 nitrogen and oxygen atoms in total. The van der Waals surface area contributed by atoms with Crippen LogP contribution >= 0.6 is 0 Å². The van der Waals surface area contributed by atoms with Crippen LogP contribution in [0.1, 0.15) is 90.5 Å². The van der Waals surface area contributed by atoms with E-state index in [1.54, 1.807) is 26.0 Å². The van der Waals surface area contributed by atoms with Gasteiger partial charge in [0.05, 0.1) is 11.8 Å². The number of carbonyl (C=O) groups is 1. The van der Waals surface area contributed by atoms with Crippen LogP contribution in [0.4, 0.5) is 0 Å². The number of ether oxygens (including phenoxy) is 1. The van der Waals surface area contributed by atoms with Crippen LogP contribution in [0.3, 0.4) is 0 Å². The molecule has 0 aliphatic heterocycles. The van der Waals surface area contributed by atoms with Gasteiger partial charge in [0.15, 0.2) is 5.41 Å². The lowest BCUT2D eigenvalue weighted by Crippen LogP contribution is -2.29. The highest BCUT2D eigenvalue weighted by Crippen LogP contribution is 2.28. The van der Waals surface area contributed by atoms with Gasteiger partial charge in [-0.1, -0.05) is 108 Å². The van der Waals surface area contributed by atoms with E-state index in [-0.39, 0.29) is 0 Å². The number of unbranched alkanes of at least 4 members (excludes halogenated alkanes) is 8. The lowest BCUT2D eigenvalue weighted by Gasteiger charge is -2.17. The van der Waals surface area contributed by atoms with Gasteiger partial charge in [0.2, 0.25) is 0 Å². The van der Waals surface area contributed by atoms with E-state index in [9.17, 15) is 10.1 Å². The molecule has 1 aromatic heterocycles. The molecule has 3 aromatic rings. The molecule has 2 aromatic carbocycles. The van der Waals surface area contributed by atoms with Gasteiger partial charge in [0.1, 0.15) is 5.75 Å². The van der Waals surface area contributed by atoms with Crippen molar-refractivity contribution in [3.63, 3.8) is 0 Å². The first-order valence-electron chi connectivity index (χ1n) is 14.3. The summed E-state index contributed by atoms with van der Waals surface area (Å²) in [5, 5.41) is 9.28. The van der Waals surface area contributed by atoms with Crippen molar-refractivity contribution >= 4 is 5.97 Å². The molecule has 38 heavy (non-hydrogen) atoms. The summed E-state index contributed by atoms with van der Waals surface area (Å²) in [7, 11) is 0. The van der Waals surface area contributed by atoms with Gasteiger partial charge < -0.3 is 4.74 Å². The van der Waals surface area contributed by atoms with E-state index in [0.717, 1.165) is 28.8 Å². The van der Waals surface area contributed by atoms with Gasteiger partial charge in [-0.15, -0.1) is 0 Å². The fraction of sp³-hybridized carbons (Fsp3) is 0.441. The van der Waals surface area contributed by atoms with Crippen molar-refractivity contribution in [2.75, 3.05) is 0 Å². The van der Waals surface area contributed by atoms with E-state index in [0.29, 0.717) is 12.2 Å². The Kier molecular flexibility index (Phi) is 11.6. The van der Waals surface area contributed by atoms with E-state index in [2.05, 4.69) is 43.3 Å². The van der Waals surface area contributed by atoms with Crippen LogP contribution in [0, 0.1) is 16.7 Å². The number of carbonyl (C=O) groups excluding carboxylic acids is 1. The molecule has 0 bridgehead atoms. The summed E-state index contributed by atoms with van der Waals surface area (Å²) in [4.78, 5) is 17.0. The smallest absolute Gasteiger partial charge is 0.331 e. The molecule has 0 fully saturated rings. The van der Waals surface area contributed by atoms with Gasteiger partial charge in [0.25, 0.3) is 0 Å². The van der Waals surface area contributed by atoms with Crippen LogP contribution in [0.2, 0.25) is 0 Å². The Hall–Kier alpha value is -3.45. The fourth-order valence-corrected chi connectivity index (χ4v) is 4.42. The molecule has 0 spiro atoms. The maximum absolute atomic E-state index is 12.3. The summed E-state index contributed by atoms with van der Waals surface area (Å²) in [5.41, 5.74) is 4.34. The normalized spacial score (nSPS) is 12.5. The minimum absolute atomic E-state index is 0.406. The third-order valence-electron chi connectivity index (χ3n) is 7.38. The van der Waals surface area contributed by atoms with E-state index in [1.807, 2.05) is 24.4 Å². The molecule has 0 aliphatic carbocycles. The molecule has 3 rings (SSSR count). The van der Waals surface area contributed by atoms with Crippen LogP contribution in [0.5, 0.6) is 5.75 Å². The summed E-state index contributed by atoms with van der Waals surface area (Å²) in [6.45, 7) is 5.68. The van der Waals surface area contributed by atoms with Gasteiger partial charge in [-0.2, -0.15) is 5.26 Å². The number of hydrogen-bond donors (Lipinski definition) is 0. The van der Waals surface area contributed by atoms with E-state index in [1.165, 1.54) is 63.4 Å². The zero-order valence-corrected chi connectivity index (χ0v) is 23.3. The van der Waals surface area contributed by atoms with Crippen LogP contribution in [0.25, 0.3) is 22.4 Å². The number of esters is 1. The second-order valence-corrected chi connectivity index (χ2v) is 10.4. The van der Waals surface area contributed by atoms with E-state index < -0.39 is 11.4 Å². The number of benzene rings is 2. The van der Waals surface area contributed by atoms with Crippen molar-refractivity contribution in [1.29, 1.82) is 5.26 Å². The number of rotatable bonds is 15. The zero-order valence-electron chi connectivity index (χ0n) is 23.3. The Morgan fingerprint density at radius 1 is 0.789 bits per heavy atom. The molecule has 0 radical (unpaired) electrons. The summed E-state index contributed by atoms with van der Waals surface area (Å²) in [5.74, 6) is -0.0803. The number of nitrogens with zero attached hydrogens (tertiary/aromatic N) is 2. The average molecular weight is 511 g/mol.